The van der Waals surface area contributed by atoms with Crippen molar-refractivity contribution in [3.63, 3.8) is 0 Å². The summed E-state index contributed by atoms with van der Waals surface area (Å²) >= 11 is 5.98. The van der Waals surface area contributed by atoms with Gasteiger partial charge in [-0.2, -0.15) is 0 Å². The van der Waals surface area contributed by atoms with Crippen LogP contribution in [0.4, 0.5) is 5.69 Å². The maximum absolute atomic E-state index is 13.2. The lowest BCUT2D eigenvalue weighted by Gasteiger charge is -2.36. The highest BCUT2D eigenvalue weighted by atomic mass is 35.5. The number of hydrogen-bond acceptors (Lipinski definition) is 4. The van der Waals surface area contributed by atoms with E-state index in [9.17, 15) is 14.4 Å². The van der Waals surface area contributed by atoms with Gasteiger partial charge in [-0.05, 0) is 42.0 Å². The average Bonchev–Trinajstić information content (AvgIpc) is 2.90. The highest BCUT2D eigenvalue weighted by Gasteiger charge is 2.23. The predicted molar refractivity (Wildman–Crippen MR) is 138 cm³/mol. The summed E-state index contributed by atoms with van der Waals surface area (Å²) in [4.78, 5) is 43.3. The standard InChI is InChI=1S/C27H25ClN4O3/c28-21-10-12-22(13-11-21)29-14-16-30(17-15-29)25(33)19-32-24-9-5-4-8-23(24)31(26(34)27(32)35)18-20-6-2-1-3-7-20/h1-13H,14-19H2. The maximum Gasteiger partial charge on any atom is 0.317 e. The molecule has 0 saturated carbocycles. The Hall–Kier alpha value is -3.84. The number of para-hydroxylation sites is 2. The van der Waals surface area contributed by atoms with Gasteiger partial charge in [0.15, 0.2) is 0 Å². The summed E-state index contributed by atoms with van der Waals surface area (Å²) in [5, 5.41) is 0.686. The van der Waals surface area contributed by atoms with Gasteiger partial charge in [-0.25, -0.2) is 0 Å². The maximum atomic E-state index is 13.2. The van der Waals surface area contributed by atoms with Gasteiger partial charge in [-0.15, -0.1) is 0 Å². The van der Waals surface area contributed by atoms with Crippen LogP contribution >= 0.6 is 11.6 Å². The molecular weight excluding hydrogens is 464 g/mol. The fourth-order valence-corrected chi connectivity index (χ4v) is 4.68. The van der Waals surface area contributed by atoms with Gasteiger partial charge in [0.1, 0.15) is 6.54 Å². The first kappa shape index (κ1) is 22.9. The van der Waals surface area contributed by atoms with E-state index in [4.69, 9.17) is 11.6 Å². The van der Waals surface area contributed by atoms with Crippen LogP contribution in [0.2, 0.25) is 5.02 Å². The number of benzene rings is 3. The van der Waals surface area contributed by atoms with Gasteiger partial charge in [-0.1, -0.05) is 54.1 Å². The second kappa shape index (κ2) is 9.80. The van der Waals surface area contributed by atoms with Crippen LogP contribution in [0.15, 0.2) is 88.5 Å². The minimum Gasteiger partial charge on any atom is -0.368 e. The number of halogens is 1. The summed E-state index contributed by atoms with van der Waals surface area (Å²) in [6.45, 7) is 2.57. The van der Waals surface area contributed by atoms with Crippen molar-refractivity contribution in [1.82, 2.24) is 14.0 Å². The molecule has 0 atom stereocenters. The fraction of sp³-hybridized carbons (Fsp3) is 0.222. The molecule has 1 aliphatic rings. The van der Waals surface area contributed by atoms with E-state index in [1.54, 1.807) is 11.0 Å². The molecule has 2 heterocycles. The third kappa shape index (κ3) is 4.72. The van der Waals surface area contributed by atoms with Gasteiger partial charge in [0.25, 0.3) is 0 Å². The molecule has 7 nitrogen and oxygen atoms in total. The van der Waals surface area contributed by atoms with Crippen molar-refractivity contribution in [2.75, 3.05) is 31.1 Å². The van der Waals surface area contributed by atoms with Crippen molar-refractivity contribution in [1.29, 1.82) is 0 Å². The van der Waals surface area contributed by atoms with Crippen molar-refractivity contribution in [3.8, 4) is 0 Å². The van der Waals surface area contributed by atoms with Gasteiger partial charge < -0.3 is 9.80 Å². The summed E-state index contributed by atoms with van der Waals surface area (Å²) in [7, 11) is 0. The molecule has 1 aliphatic heterocycles. The van der Waals surface area contributed by atoms with E-state index < -0.39 is 11.1 Å². The molecule has 178 valence electrons. The molecule has 35 heavy (non-hydrogen) atoms. The molecule has 0 bridgehead atoms. The highest BCUT2D eigenvalue weighted by Crippen LogP contribution is 2.20. The summed E-state index contributed by atoms with van der Waals surface area (Å²) in [6.07, 6.45) is 0. The number of rotatable bonds is 5. The van der Waals surface area contributed by atoms with Crippen LogP contribution in [0.1, 0.15) is 5.56 Å². The van der Waals surface area contributed by atoms with Crippen LogP contribution in [0.3, 0.4) is 0 Å². The monoisotopic (exact) mass is 488 g/mol. The highest BCUT2D eigenvalue weighted by molar-refractivity contribution is 6.30. The molecule has 0 radical (unpaired) electrons. The van der Waals surface area contributed by atoms with E-state index in [0.29, 0.717) is 42.2 Å². The summed E-state index contributed by atoms with van der Waals surface area (Å²) in [5.41, 5.74) is 1.86. The Morgan fingerprint density at radius 2 is 1.29 bits per heavy atom. The van der Waals surface area contributed by atoms with E-state index in [2.05, 4.69) is 4.90 Å². The van der Waals surface area contributed by atoms with Gasteiger partial charge in [0.2, 0.25) is 5.91 Å². The Kier molecular flexibility index (Phi) is 6.42. The topological polar surface area (TPSA) is 67.5 Å². The van der Waals surface area contributed by atoms with E-state index in [0.717, 1.165) is 11.3 Å². The van der Waals surface area contributed by atoms with Gasteiger partial charge in [0.05, 0.1) is 17.6 Å². The van der Waals surface area contributed by atoms with E-state index >= 15 is 0 Å². The Balaban J connectivity index is 1.38. The Labute approximate surface area is 207 Å². The first-order valence-electron chi connectivity index (χ1n) is 11.6. The third-order valence-corrected chi connectivity index (χ3v) is 6.69. The first-order chi connectivity index (χ1) is 17.0. The minimum atomic E-state index is -0.687. The number of anilines is 1. The molecule has 0 aliphatic carbocycles. The molecule has 1 fully saturated rings. The van der Waals surface area contributed by atoms with Crippen LogP contribution in [-0.2, 0) is 17.9 Å². The average molecular weight is 489 g/mol. The Morgan fingerprint density at radius 3 is 1.94 bits per heavy atom. The number of piperazine rings is 1. The quantitative estimate of drug-likeness (QED) is 0.405. The predicted octanol–water partition coefficient (Wildman–Crippen LogP) is 3.21. The summed E-state index contributed by atoms with van der Waals surface area (Å²) in [5.74, 6) is -0.173. The zero-order valence-electron chi connectivity index (χ0n) is 19.1. The molecule has 4 aromatic rings. The zero-order valence-corrected chi connectivity index (χ0v) is 19.9. The molecule has 1 amide bonds. The lowest BCUT2D eigenvalue weighted by atomic mass is 10.2. The van der Waals surface area contributed by atoms with Crippen molar-refractivity contribution < 1.29 is 4.79 Å². The second-order valence-corrected chi connectivity index (χ2v) is 9.04. The number of carbonyl (C=O) groups is 1. The molecule has 0 N–H and O–H groups in total. The van der Waals surface area contributed by atoms with Gasteiger partial charge in [-0.3, -0.25) is 23.5 Å². The van der Waals surface area contributed by atoms with Crippen LogP contribution in [0.25, 0.3) is 11.0 Å². The molecule has 0 unspecified atom stereocenters. The molecule has 1 saturated heterocycles. The summed E-state index contributed by atoms with van der Waals surface area (Å²) in [6, 6.07) is 24.4. The van der Waals surface area contributed by atoms with E-state index in [1.807, 2.05) is 72.8 Å². The SMILES string of the molecule is O=C(Cn1c(=O)c(=O)n(Cc2ccccc2)c2ccccc21)N1CCN(c2ccc(Cl)cc2)CC1. The number of carbonyl (C=O) groups excluding carboxylic acids is 1. The van der Waals surface area contributed by atoms with Crippen LogP contribution in [0, 0.1) is 0 Å². The number of hydrogen-bond donors (Lipinski definition) is 0. The first-order valence-corrected chi connectivity index (χ1v) is 11.9. The molecule has 1 aromatic heterocycles. The third-order valence-electron chi connectivity index (χ3n) is 6.44. The molecule has 0 spiro atoms. The molecule has 8 heteroatoms. The number of nitrogens with zero attached hydrogens (tertiary/aromatic N) is 4. The van der Waals surface area contributed by atoms with Gasteiger partial charge >= 0.3 is 11.1 Å². The summed E-state index contributed by atoms with van der Waals surface area (Å²) < 4.78 is 2.80. The number of aromatic nitrogens is 2. The van der Waals surface area contributed by atoms with Gasteiger partial charge in [0, 0.05) is 36.9 Å². The lowest BCUT2D eigenvalue weighted by molar-refractivity contribution is -0.132. The largest absolute Gasteiger partial charge is 0.368 e. The Morgan fingerprint density at radius 1 is 0.714 bits per heavy atom. The van der Waals surface area contributed by atoms with Crippen molar-refractivity contribution in [2.45, 2.75) is 13.1 Å². The van der Waals surface area contributed by atoms with Crippen molar-refractivity contribution in [3.05, 3.63) is 110 Å². The number of fused-ring (bicyclic) bond motifs is 1. The second-order valence-electron chi connectivity index (χ2n) is 8.60. The van der Waals surface area contributed by atoms with Crippen LogP contribution in [0.5, 0.6) is 0 Å². The fourth-order valence-electron chi connectivity index (χ4n) is 4.55. The normalized spacial score (nSPS) is 13.9. The van der Waals surface area contributed by atoms with E-state index in [-0.39, 0.29) is 19.0 Å². The zero-order chi connectivity index (χ0) is 24.4. The molecule has 5 rings (SSSR count). The van der Waals surface area contributed by atoms with Crippen molar-refractivity contribution >= 4 is 34.2 Å². The van der Waals surface area contributed by atoms with Crippen LogP contribution < -0.4 is 16.0 Å². The Bertz CT molecular complexity index is 1470. The minimum absolute atomic E-state index is 0.165. The number of amides is 1. The molecule has 3 aromatic carbocycles. The van der Waals surface area contributed by atoms with Crippen molar-refractivity contribution in [2.24, 2.45) is 0 Å². The molecular formula is C27H25ClN4O3. The van der Waals surface area contributed by atoms with E-state index in [1.165, 1.54) is 9.13 Å². The van der Waals surface area contributed by atoms with Crippen LogP contribution in [-0.4, -0.2) is 46.1 Å². The smallest absolute Gasteiger partial charge is 0.317 e. The lowest BCUT2D eigenvalue weighted by Crippen LogP contribution is -2.51.